The van der Waals surface area contributed by atoms with Crippen LogP contribution in [0.4, 0.5) is 4.39 Å². The highest BCUT2D eigenvalue weighted by atomic mass is 35.5. The van der Waals surface area contributed by atoms with Gasteiger partial charge >= 0.3 is 0 Å². The fourth-order valence-electron chi connectivity index (χ4n) is 2.92. The van der Waals surface area contributed by atoms with E-state index in [4.69, 9.17) is 11.6 Å². The first-order chi connectivity index (χ1) is 14.6. The zero-order chi connectivity index (χ0) is 21.1. The van der Waals surface area contributed by atoms with Gasteiger partial charge in [-0.2, -0.15) is 5.10 Å². The van der Waals surface area contributed by atoms with Gasteiger partial charge in [-0.05, 0) is 36.4 Å². The van der Waals surface area contributed by atoms with Crippen molar-refractivity contribution in [2.45, 2.75) is 0 Å². The zero-order valence-electron chi connectivity index (χ0n) is 15.4. The Labute approximate surface area is 175 Å². The van der Waals surface area contributed by atoms with E-state index in [1.807, 2.05) is 0 Å². The molecule has 2 aromatic carbocycles. The fraction of sp³-hybridized carbons (Fsp3) is 0. The Morgan fingerprint density at radius 3 is 2.20 bits per heavy atom. The van der Waals surface area contributed by atoms with E-state index in [-0.39, 0.29) is 21.8 Å². The van der Waals surface area contributed by atoms with Gasteiger partial charge in [0.25, 0.3) is 11.8 Å². The van der Waals surface area contributed by atoms with Gasteiger partial charge in [0.1, 0.15) is 17.1 Å². The van der Waals surface area contributed by atoms with Crippen LogP contribution in [0.2, 0.25) is 5.02 Å². The summed E-state index contributed by atoms with van der Waals surface area (Å²) < 4.78 is 17.3. The van der Waals surface area contributed by atoms with E-state index in [2.05, 4.69) is 16.0 Å². The molecule has 2 amide bonds. The topological polar surface area (TPSA) is 81.0 Å². The van der Waals surface area contributed by atoms with Crippen LogP contribution in [0.15, 0.2) is 79.3 Å². The number of amides is 2. The Kier molecular flexibility index (Phi) is 5.32. The second kappa shape index (κ2) is 8.22. The predicted molar refractivity (Wildman–Crippen MR) is 109 cm³/mol. The lowest BCUT2D eigenvalue weighted by Crippen LogP contribution is -2.42. The van der Waals surface area contributed by atoms with Crippen molar-refractivity contribution in [3.8, 4) is 11.5 Å². The molecule has 0 bridgehead atoms. The van der Waals surface area contributed by atoms with Gasteiger partial charge in [-0.1, -0.05) is 35.9 Å². The average molecular weight is 424 g/mol. The number of halogens is 2. The average Bonchev–Trinajstić information content (AvgIpc) is 3.42. The van der Waals surface area contributed by atoms with Crippen LogP contribution in [0.5, 0.6) is 0 Å². The summed E-state index contributed by atoms with van der Waals surface area (Å²) in [5.41, 5.74) is 5.21. The van der Waals surface area contributed by atoms with Gasteiger partial charge in [-0.15, -0.1) is 0 Å². The first kappa shape index (κ1) is 19.4. The number of rotatable bonds is 4. The summed E-state index contributed by atoms with van der Waals surface area (Å²) in [5.74, 6) is -1.37. The fourth-order valence-corrected chi connectivity index (χ4v) is 3.14. The number of carbonyl (C=O) groups is 2. The summed E-state index contributed by atoms with van der Waals surface area (Å²) in [6.07, 6.45) is 4.71. The number of nitrogens with one attached hydrogen (secondary N) is 2. The quantitative estimate of drug-likeness (QED) is 0.493. The maximum Gasteiger partial charge on any atom is 0.275 e. The highest BCUT2D eigenvalue weighted by Gasteiger charge is 2.22. The van der Waals surface area contributed by atoms with E-state index in [0.717, 1.165) is 0 Å². The van der Waals surface area contributed by atoms with Gasteiger partial charge in [-0.25, -0.2) is 9.07 Å². The summed E-state index contributed by atoms with van der Waals surface area (Å²) in [7, 11) is 0. The molecule has 0 unspecified atom stereocenters. The Morgan fingerprint density at radius 1 is 0.867 bits per heavy atom. The molecule has 2 aromatic heterocycles. The molecule has 4 aromatic rings. The van der Waals surface area contributed by atoms with Crippen LogP contribution < -0.4 is 10.9 Å². The Hall–Kier alpha value is -3.91. The Bertz CT molecular complexity index is 1220. The molecule has 0 saturated heterocycles. The molecule has 9 heteroatoms. The van der Waals surface area contributed by atoms with E-state index in [0.29, 0.717) is 5.82 Å². The number of hydrogen-bond acceptors (Lipinski definition) is 3. The monoisotopic (exact) mass is 423 g/mol. The van der Waals surface area contributed by atoms with E-state index >= 15 is 0 Å². The van der Waals surface area contributed by atoms with Crippen LogP contribution in [-0.2, 0) is 0 Å². The number of carbonyl (C=O) groups excluding carboxylic acids is 2. The van der Waals surface area contributed by atoms with Crippen LogP contribution in [0.1, 0.15) is 20.7 Å². The van der Waals surface area contributed by atoms with Crippen LogP contribution in [0.25, 0.3) is 11.5 Å². The molecular weight excluding hydrogens is 409 g/mol. The number of nitrogens with zero attached hydrogens (tertiary/aromatic N) is 3. The highest BCUT2D eigenvalue weighted by molar-refractivity contribution is 6.33. The normalized spacial score (nSPS) is 10.6. The van der Waals surface area contributed by atoms with Crippen LogP contribution in [0.3, 0.4) is 0 Å². The van der Waals surface area contributed by atoms with Gasteiger partial charge in [0.05, 0.1) is 16.8 Å². The van der Waals surface area contributed by atoms with Gasteiger partial charge < -0.3 is 4.57 Å². The molecule has 150 valence electrons. The Balaban J connectivity index is 1.64. The number of hydrazine groups is 1. The smallest absolute Gasteiger partial charge is 0.275 e. The summed E-state index contributed by atoms with van der Waals surface area (Å²) >= 11 is 6.00. The lowest BCUT2D eigenvalue weighted by molar-refractivity contribution is 0.0846. The minimum Gasteiger partial charge on any atom is -0.308 e. The third-order valence-corrected chi connectivity index (χ3v) is 4.66. The molecule has 0 aliphatic carbocycles. The van der Waals surface area contributed by atoms with Crippen molar-refractivity contribution >= 4 is 23.4 Å². The first-order valence-corrected chi connectivity index (χ1v) is 9.25. The Morgan fingerprint density at radius 2 is 1.50 bits per heavy atom. The van der Waals surface area contributed by atoms with E-state index in [1.54, 1.807) is 65.5 Å². The minimum atomic E-state index is -0.623. The zero-order valence-corrected chi connectivity index (χ0v) is 16.2. The maximum atomic E-state index is 14.3. The number of para-hydroxylation sites is 1. The SMILES string of the molecule is O=C(NNC(=O)c1cnn(-c2ccccc2F)c1-n1cccc1)c1ccccc1Cl. The van der Waals surface area contributed by atoms with Crippen molar-refractivity contribution in [1.29, 1.82) is 0 Å². The van der Waals surface area contributed by atoms with Crippen molar-refractivity contribution in [3.63, 3.8) is 0 Å². The third-order valence-electron chi connectivity index (χ3n) is 4.33. The molecular formula is C21H15ClFN5O2. The summed E-state index contributed by atoms with van der Waals surface area (Å²) in [6.45, 7) is 0. The van der Waals surface area contributed by atoms with Crippen molar-refractivity contribution in [1.82, 2.24) is 25.2 Å². The second-order valence-corrected chi connectivity index (χ2v) is 6.63. The highest BCUT2D eigenvalue weighted by Crippen LogP contribution is 2.21. The molecule has 0 saturated carbocycles. The van der Waals surface area contributed by atoms with Crippen molar-refractivity contribution in [3.05, 3.63) is 101 Å². The molecule has 4 rings (SSSR count). The van der Waals surface area contributed by atoms with Gasteiger partial charge in [-0.3, -0.25) is 20.4 Å². The summed E-state index contributed by atoms with van der Waals surface area (Å²) in [4.78, 5) is 25.1. The lowest BCUT2D eigenvalue weighted by Gasteiger charge is -2.12. The molecule has 0 aliphatic rings. The van der Waals surface area contributed by atoms with Crippen LogP contribution in [-0.4, -0.2) is 26.2 Å². The molecule has 0 aliphatic heterocycles. The van der Waals surface area contributed by atoms with Crippen LogP contribution in [0, 0.1) is 5.82 Å². The van der Waals surface area contributed by atoms with Crippen LogP contribution >= 0.6 is 11.6 Å². The summed E-state index contributed by atoms with van der Waals surface area (Å²) in [5, 5.41) is 4.44. The number of hydrogen-bond donors (Lipinski definition) is 2. The predicted octanol–water partition coefficient (Wildman–Crippen LogP) is 3.53. The molecule has 30 heavy (non-hydrogen) atoms. The largest absolute Gasteiger partial charge is 0.308 e. The minimum absolute atomic E-state index is 0.133. The van der Waals surface area contributed by atoms with E-state index in [9.17, 15) is 14.0 Å². The molecule has 0 radical (unpaired) electrons. The van der Waals surface area contributed by atoms with Crippen molar-refractivity contribution < 1.29 is 14.0 Å². The maximum absolute atomic E-state index is 14.3. The number of benzene rings is 2. The van der Waals surface area contributed by atoms with Crippen molar-refractivity contribution in [2.24, 2.45) is 0 Å². The van der Waals surface area contributed by atoms with Gasteiger partial charge in [0.15, 0.2) is 5.82 Å². The molecule has 7 nitrogen and oxygen atoms in total. The van der Waals surface area contributed by atoms with Gasteiger partial charge in [0, 0.05) is 12.4 Å². The van der Waals surface area contributed by atoms with Crippen molar-refractivity contribution in [2.75, 3.05) is 0 Å². The first-order valence-electron chi connectivity index (χ1n) is 8.88. The molecule has 0 spiro atoms. The summed E-state index contributed by atoms with van der Waals surface area (Å²) in [6, 6.07) is 16.1. The number of aromatic nitrogens is 3. The molecule has 0 atom stereocenters. The molecule has 0 fully saturated rings. The van der Waals surface area contributed by atoms with E-state index < -0.39 is 17.6 Å². The third kappa shape index (κ3) is 3.68. The molecule has 2 N–H and O–H groups in total. The second-order valence-electron chi connectivity index (χ2n) is 6.22. The van der Waals surface area contributed by atoms with Gasteiger partial charge in [0.2, 0.25) is 0 Å². The molecule has 2 heterocycles. The lowest BCUT2D eigenvalue weighted by atomic mass is 10.2. The standard InChI is InChI=1S/C21H15ClFN5O2/c22-16-8-2-1-7-14(16)19(29)25-26-20(30)15-13-24-28(18-10-4-3-9-17(18)23)21(15)27-11-5-6-12-27/h1-13H,(H,25,29)(H,26,30). The van der Waals surface area contributed by atoms with E-state index in [1.165, 1.54) is 23.0 Å².